The van der Waals surface area contributed by atoms with Crippen LogP contribution in [0.25, 0.3) is 0 Å². The second-order valence-electron chi connectivity index (χ2n) is 6.58. The number of carbonyl (C=O) groups excluding carboxylic acids is 1. The Hall–Kier alpha value is -3.47. The number of nitrogens with one attached hydrogen (secondary N) is 1. The fourth-order valence-electron chi connectivity index (χ4n) is 3.10. The molecule has 2 amide bonds. The number of amides is 2. The Kier molecular flexibility index (Phi) is 7.11. The summed E-state index contributed by atoms with van der Waals surface area (Å²) in [7, 11) is 3.23. The zero-order valence-electron chi connectivity index (χ0n) is 16.8. The lowest BCUT2D eigenvalue weighted by molar-refractivity contribution is 0.246. The molecule has 0 fully saturated rings. The molecule has 0 aliphatic rings. The first-order chi connectivity index (χ1) is 14.2. The van der Waals surface area contributed by atoms with E-state index in [-0.39, 0.29) is 6.03 Å². The topological polar surface area (TPSA) is 50.8 Å². The van der Waals surface area contributed by atoms with Crippen LogP contribution in [0, 0.1) is 0 Å². The Morgan fingerprint density at radius 1 is 0.828 bits per heavy atom. The second kappa shape index (κ2) is 10.2. The van der Waals surface area contributed by atoms with Crippen LogP contribution in [0.3, 0.4) is 0 Å². The lowest BCUT2D eigenvalue weighted by Gasteiger charge is -2.23. The van der Waals surface area contributed by atoms with E-state index in [1.165, 1.54) is 0 Å². The van der Waals surface area contributed by atoms with Gasteiger partial charge in [0, 0.05) is 12.2 Å². The Morgan fingerprint density at radius 2 is 1.48 bits per heavy atom. The lowest BCUT2D eigenvalue weighted by atomic mass is 10.1. The van der Waals surface area contributed by atoms with Gasteiger partial charge in [-0.1, -0.05) is 54.6 Å². The maximum Gasteiger partial charge on any atom is 0.322 e. The van der Waals surface area contributed by atoms with Crippen LogP contribution in [0.15, 0.2) is 78.9 Å². The first-order valence-corrected chi connectivity index (χ1v) is 9.56. The number of hydrogen-bond acceptors (Lipinski definition) is 3. The highest BCUT2D eigenvalue weighted by Crippen LogP contribution is 2.27. The minimum absolute atomic E-state index is 0.125. The van der Waals surface area contributed by atoms with E-state index in [0.29, 0.717) is 31.0 Å². The first-order valence-electron chi connectivity index (χ1n) is 9.56. The van der Waals surface area contributed by atoms with Gasteiger partial charge in [-0.15, -0.1) is 0 Å². The van der Waals surface area contributed by atoms with Crippen molar-refractivity contribution in [2.45, 2.75) is 13.0 Å². The van der Waals surface area contributed by atoms with Gasteiger partial charge in [-0.25, -0.2) is 4.79 Å². The van der Waals surface area contributed by atoms with Crippen molar-refractivity contribution in [3.05, 3.63) is 90.0 Å². The highest BCUT2D eigenvalue weighted by molar-refractivity contribution is 5.91. The van der Waals surface area contributed by atoms with Crippen LogP contribution in [0.1, 0.15) is 11.1 Å². The lowest BCUT2D eigenvalue weighted by Crippen LogP contribution is -2.40. The highest BCUT2D eigenvalue weighted by Gasteiger charge is 2.15. The molecule has 0 saturated heterocycles. The third kappa shape index (κ3) is 5.51. The molecule has 0 aliphatic carbocycles. The molecule has 1 N–H and O–H groups in total. The summed E-state index contributed by atoms with van der Waals surface area (Å²) >= 11 is 0. The van der Waals surface area contributed by atoms with Gasteiger partial charge in [0.15, 0.2) is 11.5 Å². The molecular formula is C24H26N2O3. The Labute approximate surface area is 171 Å². The van der Waals surface area contributed by atoms with Gasteiger partial charge in [0.1, 0.15) is 0 Å². The summed E-state index contributed by atoms with van der Waals surface area (Å²) in [5, 5.41) is 3.03. The Morgan fingerprint density at radius 3 is 2.14 bits per heavy atom. The van der Waals surface area contributed by atoms with Gasteiger partial charge in [-0.05, 0) is 41.8 Å². The Bertz CT molecular complexity index is 914. The van der Waals surface area contributed by atoms with Gasteiger partial charge in [-0.3, -0.25) is 4.90 Å². The van der Waals surface area contributed by atoms with E-state index in [4.69, 9.17) is 9.47 Å². The third-order valence-corrected chi connectivity index (χ3v) is 4.63. The van der Waals surface area contributed by atoms with Crippen molar-refractivity contribution in [1.82, 2.24) is 5.32 Å². The predicted molar refractivity (Wildman–Crippen MR) is 116 cm³/mol. The SMILES string of the molecule is COc1ccc(CCNC(=O)N(Cc2ccccc2)c2ccccc2)cc1OC. The number of carbonyl (C=O) groups is 1. The molecule has 0 aromatic heterocycles. The number of hydrogen-bond donors (Lipinski definition) is 1. The van der Waals surface area contributed by atoms with E-state index >= 15 is 0 Å². The van der Waals surface area contributed by atoms with Gasteiger partial charge < -0.3 is 14.8 Å². The fourth-order valence-corrected chi connectivity index (χ4v) is 3.10. The summed E-state index contributed by atoms with van der Waals surface area (Å²) in [5.41, 5.74) is 3.00. The first kappa shape index (κ1) is 20.3. The van der Waals surface area contributed by atoms with Crippen molar-refractivity contribution in [3.63, 3.8) is 0 Å². The average Bonchev–Trinajstić information content (AvgIpc) is 2.78. The highest BCUT2D eigenvalue weighted by atomic mass is 16.5. The monoisotopic (exact) mass is 390 g/mol. The van der Waals surface area contributed by atoms with Crippen molar-refractivity contribution in [2.75, 3.05) is 25.7 Å². The zero-order valence-corrected chi connectivity index (χ0v) is 16.8. The maximum absolute atomic E-state index is 12.9. The molecule has 0 bridgehead atoms. The summed E-state index contributed by atoms with van der Waals surface area (Å²) in [6.07, 6.45) is 0.695. The summed E-state index contributed by atoms with van der Waals surface area (Å²) in [5.74, 6) is 1.38. The molecule has 0 spiro atoms. The average molecular weight is 390 g/mol. The van der Waals surface area contributed by atoms with Crippen molar-refractivity contribution < 1.29 is 14.3 Å². The summed E-state index contributed by atoms with van der Waals surface area (Å²) in [6, 6.07) is 25.3. The third-order valence-electron chi connectivity index (χ3n) is 4.63. The van der Waals surface area contributed by atoms with Crippen molar-refractivity contribution in [2.24, 2.45) is 0 Å². The number of nitrogens with zero attached hydrogens (tertiary/aromatic N) is 1. The Balaban J connectivity index is 1.65. The van der Waals surface area contributed by atoms with Gasteiger partial charge in [0.05, 0.1) is 20.8 Å². The van der Waals surface area contributed by atoms with E-state index in [1.807, 2.05) is 78.9 Å². The number of anilines is 1. The zero-order chi connectivity index (χ0) is 20.5. The molecule has 0 aliphatic heterocycles. The molecule has 0 radical (unpaired) electrons. The van der Waals surface area contributed by atoms with E-state index < -0.39 is 0 Å². The molecule has 0 atom stereocenters. The molecule has 0 heterocycles. The molecular weight excluding hydrogens is 364 g/mol. The molecule has 5 nitrogen and oxygen atoms in total. The van der Waals surface area contributed by atoms with E-state index in [0.717, 1.165) is 16.8 Å². The van der Waals surface area contributed by atoms with Gasteiger partial charge in [0.2, 0.25) is 0 Å². The number of rotatable bonds is 8. The summed E-state index contributed by atoms with van der Waals surface area (Å²) in [6.45, 7) is 1.03. The van der Waals surface area contributed by atoms with Crippen molar-refractivity contribution >= 4 is 11.7 Å². The number of ether oxygens (including phenoxy) is 2. The number of methoxy groups -OCH3 is 2. The van der Waals surface area contributed by atoms with Crippen LogP contribution < -0.4 is 19.7 Å². The van der Waals surface area contributed by atoms with Crippen LogP contribution in [0.5, 0.6) is 11.5 Å². The van der Waals surface area contributed by atoms with Crippen LogP contribution >= 0.6 is 0 Å². The predicted octanol–water partition coefficient (Wildman–Crippen LogP) is 4.66. The molecule has 150 valence electrons. The fraction of sp³-hybridized carbons (Fsp3) is 0.208. The van der Waals surface area contributed by atoms with Gasteiger partial charge >= 0.3 is 6.03 Å². The van der Waals surface area contributed by atoms with Crippen LogP contribution in [-0.4, -0.2) is 26.8 Å². The van der Waals surface area contributed by atoms with Crippen LogP contribution in [0.2, 0.25) is 0 Å². The molecule has 5 heteroatoms. The van der Waals surface area contributed by atoms with Crippen LogP contribution in [-0.2, 0) is 13.0 Å². The standard InChI is InChI=1S/C24H26N2O3/c1-28-22-14-13-19(17-23(22)29-2)15-16-25-24(27)26(21-11-7-4-8-12-21)18-20-9-5-3-6-10-20/h3-14,17H,15-16,18H2,1-2H3,(H,25,27). The smallest absolute Gasteiger partial charge is 0.322 e. The van der Waals surface area contributed by atoms with E-state index in [1.54, 1.807) is 19.1 Å². The van der Waals surface area contributed by atoms with Crippen LogP contribution in [0.4, 0.5) is 10.5 Å². The quantitative estimate of drug-likeness (QED) is 0.608. The summed E-state index contributed by atoms with van der Waals surface area (Å²) in [4.78, 5) is 14.7. The number of para-hydroxylation sites is 1. The number of benzene rings is 3. The largest absolute Gasteiger partial charge is 0.493 e. The maximum atomic E-state index is 12.9. The van der Waals surface area contributed by atoms with Crippen molar-refractivity contribution in [3.8, 4) is 11.5 Å². The molecule has 3 rings (SSSR count). The minimum atomic E-state index is -0.125. The van der Waals surface area contributed by atoms with E-state index in [2.05, 4.69) is 5.32 Å². The molecule has 3 aromatic carbocycles. The normalized spacial score (nSPS) is 10.3. The second-order valence-corrected chi connectivity index (χ2v) is 6.58. The van der Waals surface area contributed by atoms with E-state index in [9.17, 15) is 4.79 Å². The van der Waals surface area contributed by atoms with Gasteiger partial charge in [-0.2, -0.15) is 0 Å². The molecule has 29 heavy (non-hydrogen) atoms. The molecule has 3 aromatic rings. The molecule has 0 unspecified atom stereocenters. The minimum Gasteiger partial charge on any atom is -0.493 e. The number of urea groups is 1. The molecule has 0 saturated carbocycles. The van der Waals surface area contributed by atoms with Gasteiger partial charge in [0.25, 0.3) is 0 Å². The summed E-state index contributed by atoms with van der Waals surface area (Å²) < 4.78 is 10.6. The van der Waals surface area contributed by atoms with Crippen molar-refractivity contribution in [1.29, 1.82) is 0 Å².